The number of hydrogen-bond acceptors (Lipinski definition) is 7. The van der Waals surface area contributed by atoms with Crippen LogP contribution in [-0.2, 0) is 6.54 Å². The Kier molecular flexibility index (Phi) is 4.93. The number of rotatable bonds is 5. The summed E-state index contributed by atoms with van der Waals surface area (Å²) in [5.41, 5.74) is 2.50. The highest BCUT2D eigenvalue weighted by atomic mass is 16.5. The van der Waals surface area contributed by atoms with Crippen LogP contribution in [0.25, 0.3) is 22.7 Å². The number of aromatic nitrogens is 3. The van der Waals surface area contributed by atoms with Gasteiger partial charge in [-0.05, 0) is 52.7 Å². The van der Waals surface area contributed by atoms with Gasteiger partial charge in [0.15, 0.2) is 0 Å². The van der Waals surface area contributed by atoms with Crippen LogP contribution in [0.1, 0.15) is 37.3 Å². The SMILES string of the molecule is Cc1onc(-c2ccccc2)c1-c1nnc(CN2CCC[C@H]2[C@@H]2CCCN2C)o1. The van der Waals surface area contributed by atoms with Crippen molar-refractivity contribution in [3.8, 4) is 22.7 Å². The standard InChI is InChI=1S/C22H27N5O2/c1-15-20(21(25-29-15)16-8-4-3-5-9-16)22-24-23-19(28-22)14-27-13-7-11-18(27)17-10-6-12-26(17)2/h3-5,8-9,17-18H,6-7,10-14H2,1-2H3/t17-,18-/m0/s1. The topological polar surface area (TPSA) is 71.4 Å². The Balaban J connectivity index is 1.37. The van der Waals surface area contributed by atoms with E-state index in [4.69, 9.17) is 8.94 Å². The Bertz CT molecular complexity index is 967. The first-order valence-electron chi connectivity index (χ1n) is 10.5. The average Bonchev–Trinajstić information content (AvgIpc) is 3.51. The van der Waals surface area contributed by atoms with Crippen LogP contribution in [0.15, 0.2) is 39.3 Å². The van der Waals surface area contributed by atoms with Crippen LogP contribution in [0.2, 0.25) is 0 Å². The summed E-state index contributed by atoms with van der Waals surface area (Å²) in [5.74, 6) is 1.82. The third-order valence-electron chi connectivity index (χ3n) is 6.36. The molecule has 2 aliphatic rings. The molecular weight excluding hydrogens is 366 g/mol. The fourth-order valence-electron chi connectivity index (χ4n) is 4.92. The van der Waals surface area contributed by atoms with Crippen LogP contribution >= 0.6 is 0 Å². The van der Waals surface area contributed by atoms with Gasteiger partial charge in [-0.1, -0.05) is 35.5 Å². The van der Waals surface area contributed by atoms with Crippen molar-refractivity contribution >= 4 is 0 Å². The summed E-state index contributed by atoms with van der Waals surface area (Å²) in [6, 6.07) is 11.2. The molecule has 0 amide bonds. The Labute approximate surface area is 170 Å². The second-order valence-corrected chi connectivity index (χ2v) is 8.20. The van der Waals surface area contributed by atoms with Crippen molar-refractivity contribution in [2.45, 2.75) is 51.2 Å². The first-order valence-corrected chi connectivity index (χ1v) is 10.5. The van der Waals surface area contributed by atoms with E-state index in [9.17, 15) is 0 Å². The minimum atomic E-state index is 0.478. The monoisotopic (exact) mass is 393 g/mol. The number of likely N-dealkylation sites (N-methyl/N-ethyl adjacent to an activating group) is 1. The van der Waals surface area contributed by atoms with Crippen LogP contribution in [0.5, 0.6) is 0 Å². The lowest BCUT2D eigenvalue weighted by atomic mass is 10.0. The summed E-state index contributed by atoms with van der Waals surface area (Å²) in [7, 11) is 2.25. The molecule has 29 heavy (non-hydrogen) atoms. The lowest BCUT2D eigenvalue weighted by Gasteiger charge is -2.32. The third-order valence-corrected chi connectivity index (χ3v) is 6.36. The summed E-state index contributed by atoms with van der Waals surface area (Å²) in [6.07, 6.45) is 5.07. The summed E-state index contributed by atoms with van der Waals surface area (Å²) in [4.78, 5) is 5.03. The molecule has 0 spiro atoms. The molecule has 4 heterocycles. The fraction of sp³-hybridized carbons (Fsp3) is 0.500. The molecular formula is C22H27N5O2. The average molecular weight is 393 g/mol. The van der Waals surface area contributed by atoms with Crippen molar-refractivity contribution < 1.29 is 8.94 Å². The summed E-state index contributed by atoms with van der Waals surface area (Å²) >= 11 is 0. The van der Waals surface area contributed by atoms with Gasteiger partial charge < -0.3 is 13.8 Å². The third kappa shape index (κ3) is 3.49. The van der Waals surface area contributed by atoms with Crippen LogP contribution in [0.3, 0.4) is 0 Å². The maximum absolute atomic E-state index is 6.09. The fourth-order valence-corrected chi connectivity index (χ4v) is 4.92. The van der Waals surface area contributed by atoms with E-state index >= 15 is 0 Å². The lowest BCUT2D eigenvalue weighted by Crippen LogP contribution is -2.44. The molecule has 0 radical (unpaired) electrons. The predicted octanol–water partition coefficient (Wildman–Crippen LogP) is 3.76. The molecule has 0 unspecified atom stereocenters. The van der Waals surface area contributed by atoms with E-state index in [0.29, 0.717) is 36.2 Å². The van der Waals surface area contributed by atoms with Crippen molar-refractivity contribution in [2.75, 3.05) is 20.1 Å². The minimum Gasteiger partial charge on any atom is -0.419 e. The quantitative estimate of drug-likeness (QED) is 0.653. The number of hydrogen-bond donors (Lipinski definition) is 0. The van der Waals surface area contributed by atoms with Gasteiger partial charge in [0.25, 0.3) is 5.89 Å². The summed E-state index contributed by atoms with van der Waals surface area (Å²) < 4.78 is 11.5. The highest BCUT2D eigenvalue weighted by Crippen LogP contribution is 2.34. The van der Waals surface area contributed by atoms with E-state index in [2.05, 4.69) is 32.2 Å². The van der Waals surface area contributed by atoms with Gasteiger partial charge in [0, 0.05) is 17.6 Å². The van der Waals surface area contributed by atoms with Gasteiger partial charge in [0.05, 0.1) is 6.54 Å². The molecule has 7 nitrogen and oxygen atoms in total. The van der Waals surface area contributed by atoms with Crippen LogP contribution in [0.4, 0.5) is 0 Å². The van der Waals surface area contributed by atoms with Gasteiger partial charge in [-0.15, -0.1) is 10.2 Å². The molecule has 0 aliphatic carbocycles. The van der Waals surface area contributed by atoms with Gasteiger partial charge in [0.1, 0.15) is 17.0 Å². The Morgan fingerprint density at radius 3 is 2.62 bits per heavy atom. The largest absolute Gasteiger partial charge is 0.419 e. The van der Waals surface area contributed by atoms with Crippen molar-refractivity contribution in [2.24, 2.45) is 0 Å². The van der Waals surface area contributed by atoms with Crippen molar-refractivity contribution in [1.82, 2.24) is 25.2 Å². The zero-order chi connectivity index (χ0) is 19.8. The Morgan fingerprint density at radius 1 is 1.03 bits per heavy atom. The minimum absolute atomic E-state index is 0.478. The Hall–Kier alpha value is -2.51. The molecule has 7 heteroatoms. The van der Waals surface area contributed by atoms with Gasteiger partial charge in [-0.25, -0.2) is 0 Å². The summed E-state index contributed by atoms with van der Waals surface area (Å²) in [6.45, 7) is 4.88. The molecule has 3 aromatic rings. The molecule has 0 N–H and O–H groups in total. The molecule has 0 saturated carbocycles. The highest BCUT2D eigenvalue weighted by molar-refractivity contribution is 5.77. The highest BCUT2D eigenvalue weighted by Gasteiger charge is 2.36. The van der Waals surface area contributed by atoms with Gasteiger partial charge in [-0.3, -0.25) is 4.90 Å². The lowest BCUT2D eigenvalue weighted by molar-refractivity contribution is 0.138. The van der Waals surface area contributed by atoms with Crippen molar-refractivity contribution in [3.63, 3.8) is 0 Å². The number of nitrogens with zero attached hydrogens (tertiary/aromatic N) is 5. The molecule has 0 bridgehead atoms. The second kappa shape index (κ2) is 7.72. The maximum atomic E-state index is 6.09. The molecule has 1 aromatic carbocycles. The normalized spacial score (nSPS) is 23.2. The molecule has 2 fully saturated rings. The second-order valence-electron chi connectivity index (χ2n) is 8.20. The first-order chi connectivity index (χ1) is 14.2. The number of aryl methyl sites for hydroxylation is 1. The smallest absolute Gasteiger partial charge is 0.253 e. The summed E-state index contributed by atoms with van der Waals surface area (Å²) in [5, 5.41) is 12.9. The van der Waals surface area contributed by atoms with Crippen LogP contribution in [-0.4, -0.2) is 57.4 Å². The number of benzene rings is 1. The first kappa shape index (κ1) is 18.5. The van der Waals surface area contributed by atoms with E-state index in [1.54, 1.807) is 0 Å². The van der Waals surface area contributed by atoms with Gasteiger partial charge in [0.2, 0.25) is 5.89 Å². The van der Waals surface area contributed by atoms with E-state index in [1.807, 2.05) is 37.3 Å². The van der Waals surface area contributed by atoms with Crippen LogP contribution in [0, 0.1) is 6.92 Å². The predicted molar refractivity (Wildman–Crippen MR) is 109 cm³/mol. The van der Waals surface area contributed by atoms with Gasteiger partial charge >= 0.3 is 0 Å². The maximum Gasteiger partial charge on any atom is 0.253 e. The van der Waals surface area contributed by atoms with E-state index in [0.717, 1.165) is 23.4 Å². The van der Waals surface area contributed by atoms with E-state index in [-0.39, 0.29) is 0 Å². The van der Waals surface area contributed by atoms with Gasteiger partial charge in [-0.2, -0.15) is 0 Å². The molecule has 2 aliphatic heterocycles. The Morgan fingerprint density at radius 2 is 1.83 bits per heavy atom. The van der Waals surface area contributed by atoms with E-state index in [1.165, 1.54) is 32.2 Å². The molecule has 2 saturated heterocycles. The van der Waals surface area contributed by atoms with Crippen molar-refractivity contribution in [3.05, 3.63) is 42.0 Å². The molecule has 2 atom stereocenters. The zero-order valence-electron chi connectivity index (χ0n) is 17.0. The van der Waals surface area contributed by atoms with Crippen LogP contribution < -0.4 is 0 Å². The van der Waals surface area contributed by atoms with E-state index < -0.39 is 0 Å². The molecule has 152 valence electrons. The molecule has 5 rings (SSSR count). The van der Waals surface area contributed by atoms with Crippen molar-refractivity contribution in [1.29, 1.82) is 0 Å². The zero-order valence-corrected chi connectivity index (χ0v) is 17.0. The molecule has 2 aromatic heterocycles. The number of likely N-dealkylation sites (tertiary alicyclic amines) is 2.